The molecule has 0 bridgehead atoms. The van der Waals surface area contributed by atoms with Gasteiger partial charge in [0.05, 0.1) is 12.3 Å². The van der Waals surface area contributed by atoms with Crippen LogP contribution in [-0.2, 0) is 4.79 Å². The van der Waals surface area contributed by atoms with Crippen LogP contribution in [0, 0.1) is 5.92 Å². The lowest BCUT2D eigenvalue weighted by molar-refractivity contribution is -0.117. The average molecular weight is 316 g/mol. The maximum atomic E-state index is 12.2. The van der Waals surface area contributed by atoms with Crippen molar-refractivity contribution in [3.63, 3.8) is 0 Å². The van der Waals surface area contributed by atoms with Crippen LogP contribution < -0.4 is 5.32 Å². The third kappa shape index (κ3) is 3.60. The van der Waals surface area contributed by atoms with Crippen molar-refractivity contribution in [3.05, 3.63) is 65.1 Å². The summed E-state index contributed by atoms with van der Waals surface area (Å²) in [5.41, 5.74) is 1.11. The Morgan fingerprint density at radius 2 is 2.05 bits per heavy atom. The number of halogens is 1. The number of nitrogens with one attached hydrogen (secondary N) is 1. The lowest BCUT2D eigenvalue weighted by atomic mass is 9.77. The Morgan fingerprint density at radius 1 is 1.27 bits per heavy atom. The van der Waals surface area contributed by atoms with E-state index in [4.69, 9.17) is 16.0 Å². The predicted octanol–water partition coefficient (Wildman–Crippen LogP) is 4.60. The minimum atomic E-state index is -0.108. The summed E-state index contributed by atoms with van der Waals surface area (Å²) >= 11 is 5.95. The number of amides is 1. The van der Waals surface area contributed by atoms with Crippen LogP contribution in [0.5, 0.6) is 0 Å². The van der Waals surface area contributed by atoms with E-state index in [2.05, 4.69) is 5.32 Å². The Hall–Kier alpha value is -2.00. The lowest BCUT2D eigenvalue weighted by Crippen LogP contribution is -2.35. The van der Waals surface area contributed by atoms with Gasteiger partial charge in [0.25, 0.3) is 0 Å². The Labute approximate surface area is 135 Å². The molecular weight excluding hydrogens is 298 g/mol. The van der Waals surface area contributed by atoms with Crippen molar-refractivity contribution in [2.24, 2.45) is 5.92 Å². The average Bonchev–Trinajstić information content (AvgIpc) is 2.97. The van der Waals surface area contributed by atoms with Crippen LogP contribution in [0.3, 0.4) is 0 Å². The van der Waals surface area contributed by atoms with Gasteiger partial charge in [0.1, 0.15) is 5.76 Å². The summed E-state index contributed by atoms with van der Waals surface area (Å²) in [4.78, 5) is 12.2. The van der Waals surface area contributed by atoms with E-state index in [1.807, 2.05) is 30.3 Å². The van der Waals surface area contributed by atoms with E-state index in [9.17, 15) is 4.79 Å². The number of rotatable bonds is 5. The Kier molecular flexibility index (Phi) is 4.64. The second-order valence-corrected chi connectivity index (χ2v) is 6.01. The van der Waals surface area contributed by atoms with E-state index >= 15 is 0 Å². The molecule has 1 N–H and O–H groups in total. The summed E-state index contributed by atoms with van der Waals surface area (Å²) in [6.07, 6.45) is 8.30. The quantitative estimate of drug-likeness (QED) is 0.819. The molecule has 1 saturated carbocycles. The largest absolute Gasteiger partial charge is 0.465 e. The topological polar surface area (TPSA) is 42.2 Å². The molecule has 1 heterocycles. The highest BCUT2D eigenvalue weighted by Crippen LogP contribution is 2.38. The Morgan fingerprint density at radius 3 is 2.64 bits per heavy atom. The molecule has 4 heteroatoms. The minimum absolute atomic E-state index is 0.0415. The number of furan rings is 1. The molecule has 114 valence electrons. The molecule has 2 aromatic rings. The van der Waals surface area contributed by atoms with Gasteiger partial charge in [0.2, 0.25) is 5.91 Å². The van der Waals surface area contributed by atoms with E-state index in [1.165, 1.54) is 12.5 Å². The van der Waals surface area contributed by atoms with Gasteiger partial charge in [-0.1, -0.05) is 30.2 Å². The normalized spacial score (nSPS) is 16.4. The minimum Gasteiger partial charge on any atom is -0.465 e. The monoisotopic (exact) mass is 315 g/mol. The number of carbonyl (C=O) groups is 1. The summed E-state index contributed by atoms with van der Waals surface area (Å²) in [6.45, 7) is 0. The fraction of sp³-hybridized carbons (Fsp3) is 0.278. The van der Waals surface area contributed by atoms with Gasteiger partial charge in [0, 0.05) is 11.1 Å². The number of hydrogen-bond acceptors (Lipinski definition) is 2. The van der Waals surface area contributed by atoms with Gasteiger partial charge in [-0.2, -0.15) is 0 Å². The molecular formula is C18H18ClNO2. The first-order valence-electron chi connectivity index (χ1n) is 7.50. The molecule has 1 atom stereocenters. The maximum Gasteiger partial charge on any atom is 0.244 e. The molecule has 3 rings (SSSR count). The summed E-state index contributed by atoms with van der Waals surface area (Å²) in [6, 6.07) is 11.4. The zero-order valence-electron chi connectivity index (χ0n) is 12.2. The molecule has 1 aromatic carbocycles. The van der Waals surface area contributed by atoms with Crippen molar-refractivity contribution in [1.82, 2.24) is 5.32 Å². The molecule has 1 amide bonds. The molecule has 1 unspecified atom stereocenters. The highest BCUT2D eigenvalue weighted by atomic mass is 35.5. The second kappa shape index (κ2) is 6.84. The van der Waals surface area contributed by atoms with Gasteiger partial charge in [-0.3, -0.25) is 4.79 Å². The molecule has 22 heavy (non-hydrogen) atoms. The SMILES string of the molecule is O=C(/C=C/c1ccco1)NC(c1ccc(Cl)cc1)C1CCC1. The van der Waals surface area contributed by atoms with Crippen LogP contribution in [-0.4, -0.2) is 5.91 Å². The summed E-state index contributed by atoms with van der Waals surface area (Å²) in [5, 5.41) is 3.82. The predicted molar refractivity (Wildman–Crippen MR) is 87.4 cm³/mol. The fourth-order valence-electron chi connectivity index (χ4n) is 2.66. The molecule has 3 nitrogen and oxygen atoms in total. The van der Waals surface area contributed by atoms with E-state index < -0.39 is 0 Å². The van der Waals surface area contributed by atoms with Gasteiger partial charge in [-0.05, 0) is 54.7 Å². The van der Waals surface area contributed by atoms with E-state index in [0.29, 0.717) is 16.7 Å². The van der Waals surface area contributed by atoms with Crippen molar-refractivity contribution >= 4 is 23.6 Å². The second-order valence-electron chi connectivity index (χ2n) is 5.58. The first-order chi connectivity index (χ1) is 10.7. The van der Waals surface area contributed by atoms with Crippen molar-refractivity contribution in [2.45, 2.75) is 25.3 Å². The molecule has 0 spiro atoms. The Balaban J connectivity index is 1.70. The first-order valence-corrected chi connectivity index (χ1v) is 7.88. The van der Waals surface area contributed by atoms with Crippen LogP contribution in [0.1, 0.15) is 36.6 Å². The highest BCUT2D eigenvalue weighted by Gasteiger charge is 2.29. The van der Waals surface area contributed by atoms with E-state index in [-0.39, 0.29) is 11.9 Å². The van der Waals surface area contributed by atoms with Gasteiger partial charge in [-0.15, -0.1) is 0 Å². The zero-order chi connectivity index (χ0) is 15.4. The van der Waals surface area contributed by atoms with Crippen LogP contribution in [0.2, 0.25) is 5.02 Å². The van der Waals surface area contributed by atoms with Gasteiger partial charge in [0.15, 0.2) is 0 Å². The summed E-state index contributed by atoms with van der Waals surface area (Å²) < 4.78 is 5.19. The van der Waals surface area contributed by atoms with E-state index in [0.717, 1.165) is 18.4 Å². The van der Waals surface area contributed by atoms with Crippen molar-refractivity contribution in [2.75, 3.05) is 0 Å². The highest BCUT2D eigenvalue weighted by molar-refractivity contribution is 6.30. The summed E-state index contributed by atoms with van der Waals surface area (Å²) in [5.74, 6) is 1.06. The smallest absolute Gasteiger partial charge is 0.244 e. The summed E-state index contributed by atoms with van der Waals surface area (Å²) in [7, 11) is 0. The zero-order valence-corrected chi connectivity index (χ0v) is 12.9. The van der Waals surface area contributed by atoms with E-state index in [1.54, 1.807) is 18.4 Å². The number of benzene rings is 1. The fourth-order valence-corrected chi connectivity index (χ4v) is 2.79. The van der Waals surface area contributed by atoms with Crippen LogP contribution >= 0.6 is 11.6 Å². The molecule has 0 saturated heterocycles. The van der Waals surface area contributed by atoms with Crippen LogP contribution in [0.15, 0.2) is 53.2 Å². The van der Waals surface area contributed by atoms with Crippen LogP contribution in [0.4, 0.5) is 0 Å². The van der Waals surface area contributed by atoms with Crippen molar-refractivity contribution < 1.29 is 9.21 Å². The molecule has 1 fully saturated rings. The first kappa shape index (κ1) is 14.9. The third-order valence-electron chi connectivity index (χ3n) is 4.09. The van der Waals surface area contributed by atoms with Gasteiger partial charge < -0.3 is 9.73 Å². The molecule has 1 aliphatic rings. The standard InChI is InChI=1S/C18H18ClNO2/c19-15-8-6-14(7-9-15)18(13-3-1-4-13)20-17(21)11-10-16-5-2-12-22-16/h2,5-13,18H,1,3-4H2,(H,20,21)/b11-10+. The van der Waals surface area contributed by atoms with Crippen LogP contribution in [0.25, 0.3) is 6.08 Å². The number of hydrogen-bond donors (Lipinski definition) is 1. The van der Waals surface area contributed by atoms with Gasteiger partial charge >= 0.3 is 0 Å². The van der Waals surface area contributed by atoms with Crippen molar-refractivity contribution in [3.8, 4) is 0 Å². The lowest BCUT2D eigenvalue weighted by Gasteiger charge is -2.34. The van der Waals surface area contributed by atoms with Gasteiger partial charge in [-0.25, -0.2) is 0 Å². The van der Waals surface area contributed by atoms with Crippen molar-refractivity contribution in [1.29, 1.82) is 0 Å². The Bertz CT molecular complexity index is 642. The molecule has 1 aliphatic carbocycles. The number of carbonyl (C=O) groups excluding carboxylic acids is 1. The molecule has 0 radical (unpaired) electrons. The third-order valence-corrected chi connectivity index (χ3v) is 4.34. The molecule has 0 aliphatic heterocycles. The molecule has 1 aromatic heterocycles. The maximum absolute atomic E-state index is 12.2.